The monoisotopic (exact) mass is 318 g/mol. The summed E-state index contributed by atoms with van der Waals surface area (Å²) in [5.74, 6) is 0.0926. The van der Waals surface area contributed by atoms with E-state index in [0.717, 1.165) is 15.4 Å². The van der Waals surface area contributed by atoms with Crippen LogP contribution in [0.15, 0.2) is 46.2 Å². The minimum atomic E-state index is -0.377. The number of benzene rings is 2. The Balaban J connectivity index is 2.03. The third-order valence-electron chi connectivity index (χ3n) is 3.11. The molecule has 0 radical (unpaired) electrons. The lowest BCUT2D eigenvalue weighted by Crippen LogP contribution is -2.05. The molecule has 3 rings (SSSR count). The standard InChI is InChI=1S/C16H11ClO3S/c1-9(18)20-12-3-5-15-10(6-12)7-14(19)13-8-11(17)2-4-16(13)21-15/h2-6,8H,7H2,1H3. The fourth-order valence-electron chi connectivity index (χ4n) is 2.22. The lowest BCUT2D eigenvalue weighted by atomic mass is 10.0. The summed E-state index contributed by atoms with van der Waals surface area (Å²) in [4.78, 5) is 25.3. The van der Waals surface area contributed by atoms with Crippen molar-refractivity contribution < 1.29 is 14.3 Å². The molecule has 0 aliphatic carbocycles. The van der Waals surface area contributed by atoms with Crippen LogP contribution in [-0.4, -0.2) is 11.8 Å². The average molecular weight is 319 g/mol. The minimum Gasteiger partial charge on any atom is -0.427 e. The quantitative estimate of drug-likeness (QED) is 0.585. The molecule has 0 saturated carbocycles. The van der Waals surface area contributed by atoms with Crippen LogP contribution in [0.4, 0.5) is 0 Å². The maximum absolute atomic E-state index is 12.4. The van der Waals surface area contributed by atoms with E-state index in [-0.39, 0.29) is 18.2 Å². The molecule has 5 heteroatoms. The number of esters is 1. The van der Waals surface area contributed by atoms with Crippen LogP contribution in [0, 0.1) is 0 Å². The third-order valence-corrected chi connectivity index (χ3v) is 4.54. The summed E-state index contributed by atoms with van der Waals surface area (Å²) in [5, 5.41) is 0.550. The molecule has 21 heavy (non-hydrogen) atoms. The molecular formula is C16H11ClO3S. The van der Waals surface area contributed by atoms with E-state index in [9.17, 15) is 9.59 Å². The Morgan fingerprint density at radius 1 is 1.19 bits per heavy atom. The molecule has 0 fully saturated rings. The second-order valence-corrected chi connectivity index (χ2v) is 6.23. The molecule has 2 aromatic carbocycles. The first-order chi connectivity index (χ1) is 10.0. The van der Waals surface area contributed by atoms with E-state index in [4.69, 9.17) is 16.3 Å². The van der Waals surface area contributed by atoms with Gasteiger partial charge in [0.1, 0.15) is 5.75 Å². The molecule has 1 heterocycles. The van der Waals surface area contributed by atoms with Gasteiger partial charge in [0.25, 0.3) is 0 Å². The Morgan fingerprint density at radius 3 is 2.71 bits per heavy atom. The summed E-state index contributed by atoms with van der Waals surface area (Å²) in [6.45, 7) is 1.35. The van der Waals surface area contributed by atoms with Gasteiger partial charge in [0, 0.05) is 33.7 Å². The van der Waals surface area contributed by atoms with Crippen LogP contribution in [0.5, 0.6) is 5.75 Å². The Kier molecular flexibility index (Phi) is 3.74. The molecule has 3 nitrogen and oxygen atoms in total. The van der Waals surface area contributed by atoms with Crippen LogP contribution >= 0.6 is 23.4 Å². The highest BCUT2D eigenvalue weighted by Crippen LogP contribution is 2.39. The third kappa shape index (κ3) is 2.96. The number of hydrogen-bond donors (Lipinski definition) is 0. The van der Waals surface area contributed by atoms with E-state index in [1.807, 2.05) is 12.1 Å². The zero-order valence-electron chi connectivity index (χ0n) is 11.2. The van der Waals surface area contributed by atoms with Crippen LogP contribution < -0.4 is 4.74 Å². The van der Waals surface area contributed by atoms with Gasteiger partial charge >= 0.3 is 5.97 Å². The second kappa shape index (κ2) is 5.54. The maximum Gasteiger partial charge on any atom is 0.308 e. The molecule has 0 unspecified atom stereocenters. The number of halogens is 1. The molecule has 0 bridgehead atoms. The molecule has 0 aromatic heterocycles. The number of ether oxygens (including phenoxy) is 1. The summed E-state index contributed by atoms with van der Waals surface area (Å²) in [6, 6.07) is 10.7. The first-order valence-corrected chi connectivity index (χ1v) is 7.54. The molecule has 0 amide bonds. The Labute approximate surface area is 131 Å². The normalized spacial score (nSPS) is 13.1. The Morgan fingerprint density at radius 2 is 1.95 bits per heavy atom. The van der Waals surface area contributed by atoms with Crippen molar-refractivity contribution in [3.63, 3.8) is 0 Å². The fourth-order valence-corrected chi connectivity index (χ4v) is 3.44. The molecule has 2 aromatic rings. The van der Waals surface area contributed by atoms with Crippen LogP contribution in [0.1, 0.15) is 22.8 Å². The van der Waals surface area contributed by atoms with Crippen LogP contribution in [-0.2, 0) is 11.2 Å². The largest absolute Gasteiger partial charge is 0.427 e. The summed E-state index contributed by atoms with van der Waals surface area (Å²) in [7, 11) is 0. The number of Topliss-reactive ketones (excluding diaryl/α,β-unsaturated/α-hetero) is 1. The van der Waals surface area contributed by atoms with E-state index in [2.05, 4.69) is 0 Å². The molecule has 0 N–H and O–H groups in total. The number of fused-ring (bicyclic) bond motifs is 2. The van der Waals surface area contributed by atoms with Gasteiger partial charge in [-0.05, 0) is 42.0 Å². The van der Waals surface area contributed by atoms with Crippen molar-refractivity contribution in [2.75, 3.05) is 0 Å². The second-order valence-electron chi connectivity index (χ2n) is 4.71. The summed E-state index contributed by atoms with van der Waals surface area (Å²) < 4.78 is 5.07. The van der Waals surface area contributed by atoms with Crippen molar-refractivity contribution in [3.05, 3.63) is 52.5 Å². The molecule has 1 aliphatic heterocycles. The first-order valence-electron chi connectivity index (χ1n) is 6.35. The minimum absolute atomic E-state index is 0.0127. The SMILES string of the molecule is CC(=O)Oc1ccc2c(c1)CC(=O)c1cc(Cl)ccc1S2. The highest BCUT2D eigenvalue weighted by Gasteiger charge is 2.21. The van der Waals surface area contributed by atoms with E-state index in [1.54, 1.807) is 24.3 Å². The number of carbonyl (C=O) groups excluding carboxylic acids is 2. The molecule has 1 aliphatic rings. The molecule has 0 saturated heterocycles. The maximum atomic E-state index is 12.4. The van der Waals surface area contributed by atoms with Gasteiger partial charge in [0.2, 0.25) is 0 Å². The van der Waals surface area contributed by atoms with Crippen molar-refractivity contribution >= 4 is 35.1 Å². The summed E-state index contributed by atoms with van der Waals surface area (Å²) in [5.41, 5.74) is 1.49. The van der Waals surface area contributed by atoms with Crippen molar-refractivity contribution in [2.24, 2.45) is 0 Å². The van der Waals surface area contributed by atoms with Gasteiger partial charge in [-0.15, -0.1) is 0 Å². The van der Waals surface area contributed by atoms with Gasteiger partial charge in [-0.3, -0.25) is 9.59 Å². The molecular weight excluding hydrogens is 308 g/mol. The first kappa shape index (κ1) is 14.2. The smallest absolute Gasteiger partial charge is 0.308 e. The average Bonchev–Trinajstić information content (AvgIpc) is 2.55. The Bertz CT molecular complexity index is 755. The van der Waals surface area contributed by atoms with Crippen molar-refractivity contribution in [1.82, 2.24) is 0 Å². The van der Waals surface area contributed by atoms with Crippen LogP contribution in [0.3, 0.4) is 0 Å². The van der Waals surface area contributed by atoms with Gasteiger partial charge in [-0.25, -0.2) is 0 Å². The zero-order valence-corrected chi connectivity index (χ0v) is 12.8. The predicted octanol–water partition coefficient (Wildman–Crippen LogP) is 4.16. The lowest BCUT2D eigenvalue weighted by Gasteiger charge is -2.07. The molecule has 106 valence electrons. The van der Waals surface area contributed by atoms with Crippen molar-refractivity contribution in [3.8, 4) is 5.75 Å². The van der Waals surface area contributed by atoms with Crippen molar-refractivity contribution in [2.45, 2.75) is 23.1 Å². The van der Waals surface area contributed by atoms with E-state index in [0.29, 0.717) is 16.3 Å². The van der Waals surface area contributed by atoms with E-state index in [1.165, 1.54) is 18.7 Å². The number of ketones is 1. The topological polar surface area (TPSA) is 43.4 Å². The highest BCUT2D eigenvalue weighted by atomic mass is 35.5. The fraction of sp³-hybridized carbons (Fsp3) is 0.125. The lowest BCUT2D eigenvalue weighted by molar-refractivity contribution is -0.131. The number of rotatable bonds is 1. The van der Waals surface area contributed by atoms with Gasteiger partial charge in [-0.2, -0.15) is 0 Å². The predicted molar refractivity (Wildman–Crippen MR) is 81.4 cm³/mol. The molecule has 0 spiro atoms. The van der Waals surface area contributed by atoms with Gasteiger partial charge in [0.15, 0.2) is 5.78 Å². The van der Waals surface area contributed by atoms with Gasteiger partial charge < -0.3 is 4.74 Å². The summed E-state index contributed by atoms with van der Waals surface area (Å²) >= 11 is 7.49. The summed E-state index contributed by atoms with van der Waals surface area (Å²) in [6.07, 6.45) is 0.269. The zero-order chi connectivity index (χ0) is 15.0. The van der Waals surface area contributed by atoms with Crippen LogP contribution in [0.2, 0.25) is 5.02 Å². The van der Waals surface area contributed by atoms with Gasteiger partial charge in [-0.1, -0.05) is 23.4 Å². The van der Waals surface area contributed by atoms with Crippen LogP contribution in [0.25, 0.3) is 0 Å². The Hall–Kier alpha value is -1.78. The molecule has 0 atom stereocenters. The number of carbonyl (C=O) groups is 2. The van der Waals surface area contributed by atoms with Crippen molar-refractivity contribution in [1.29, 1.82) is 0 Å². The van der Waals surface area contributed by atoms with E-state index >= 15 is 0 Å². The number of hydrogen-bond acceptors (Lipinski definition) is 4. The highest BCUT2D eigenvalue weighted by molar-refractivity contribution is 7.99. The van der Waals surface area contributed by atoms with E-state index < -0.39 is 0 Å². The van der Waals surface area contributed by atoms with Gasteiger partial charge in [0.05, 0.1) is 0 Å².